The second kappa shape index (κ2) is 11.3. The van der Waals surface area contributed by atoms with Crippen molar-refractivity contribution >= 4 is 5.96 Å². The molecule has 0 fully saturated rings. The number of rotatable bonds is 9. The Morgan fingerprint density at radius 1 is 0.938 bits per heavy atom. The van der Waals surface area contributed by atoms with Gasteiger partial charge in [-0.25, -0.2) is 4.98 Å². The minimum Gasteiger partial charge on any atom is -0.367 e. The molecule has 0 spiro atoms. The highest BCUT2D eigenvalue weighted by Gasteiger charge is 2.27. The number of aromatic nitrogens is 2. The number of alkyl halides is 3. The fraction of sp³-hybridized carbons (Fsp3) is 0.304. The molecule has 170 valence electrons. The molecule has 2 N–H and O–H groups in total. The summed E-state index contributed by atoms with van der Waals surface area (Å²) in [7, 11) is 1.70. The van der Waals surface area contributed by atoms with Crippen LogP contribution < -0.4 is 10.6 Å². The van der Waals surface area contributed by atoms with Crippen LogP contribution in [0.3, 0.4) is 0 Å². The summed E-state index contributed by atoms with van der Waals surface area (Å²) in [6.07, 6.45) is 1.18. The summed E-state index contributed by atoms with van der Waals surface area (Å²) < 4.78 is 43.1. The lowest BCUT2D eigenvalue weighted by atomic mass is 10.1. The molecule has 0 atom stereocenters. The van der Waals surface area contributed by atoms with Crippen molar-refractivity contribution in [2.75, 3.05) is 13.7 Å². The second-order valence-electron chi connectivity index (χ2n) is 7.26. The molecule has 1 aromatic heterocycles. The number of nitrogens with zero attached hydrogens (tertiary/aromatic N) is 3. The van der Waals surface area contributed by atoms with E-state index < -0.39 is 12.8 Å². The largest absolute Gasteiger partial charge is 0.411 e. The molecule has 32 heavy (non-hydrogen) atoms. The highest BCUT2D eigenvalue weighted by Crippen LogP contribution is 2.16. The smallest absolute Gasteiger partial charge is 0.367 e. The predicted octanol–water partition coefficient (Wildman–Crippen LogP) is 3.88. The van der Waals surface area contributed by atoms with Gasteiger partial charge in [-0.3, -0.25) is 4.99 Å². The highest BCUT2D eigenvalue weighted by molar-refractivity contribution is 5.79. The first-order valence-electron chi connectivity index (χ1n) is 10.1. The van der Waals surface area contributed by atoms with Crippen molar-refractivity contribution < 1.29 is 17.9 Å². The van der Waals surface area contributed by atoms with E-state index in [2.05, 4.69) is 49.6 Å². The number of hydrogen-bond acceptors (Lipinski definition) is 3. The zero-order valence-corrected chi connectivity index (χ0v) is 17.8. The van der Waals surface area contributed by atoms with E-state index in [1.54, 1.807) is 31.7 Å². The Hall–Kier alpha value is -3.33. The first-order chi connectivity index (χ1) is 15.4. The first kappa shape index (κ1) is 23.3. The van der Waals surface area contributed by atoms with Crippen molar-refractivity contribution in [2.24, 2.45) is 4.99 Å². The summed E-state index contributed by atoms with van der Waals surface area (Å²) in [5.41, 5.74) is 4.00. The second-order valence-corrected chi connectivity index (χ2v) is 7.26. The molecule has 2 aromatic carbocycles. The van der Waals surface area contributed by atoms with Gasteiger partial charge < -0.3 is 19.9 Å². The van der Waals surface area contributed by atoms with Gasteiger partial charge in [0.25, 0.3) is 0 Å². The van der Waals surface area contributed by atoms with Crippen LogP contribution >= 0.6 is 0 Å². The summed E-state index contributed by atoms with van der Waals surface area (Å²) in [4.78, 5) is 8.27. The van der Waals surface area contributed by atoms with Crippen molar-refractivity contribution in [1.82, 2.24) is 20.2 Å². The van der Waals surface area contributed by atoms with Gasteiger partial charge >= 0.3 is 6.18 Å². The number of hydrogen-bond donors (Lipinski definition) is 2. The maximum Gasteiger partial charge on any atom is 0.411 e. The summed E-state index contributed by atoms with van der Waals surface area (Å²) in [6.45, 7) is 0.626. The third kappa shape index (κ3) is 8.07. The Kier molecular flexibility index (Phi) is 8.27. The van der Waals surface area contributed by atoms with Gasteiger partial charge in [0, 0.05) is 39.1 Å². The zero-order chi connectivity index (χ0) is 22.8. The fourth-order valence-corrected chi connectivity index (χ4v) is 2.98. The minimum absolute atomic E-state index is 0.0719. The number of benzene rings is 2. The number of imidazole rings is 1. The van der Waals surface area contributed by atoms with Crippen LogP contribution in [0.25, 0.3) is 0 Å². The molecule has 3 aromatic rings. The molecule has 0 saturated heterocycles. The maximum absolute atomic E-state index is 12.1. The van der Waals surface area contributed by atoms with Gasteiger partial charge in [-0.1, -0.05) is 48.5 Å². The monoisotopic (exact) mass is 445 g/mol. The average molecular weight is 445 g/mol. The summed E-state index contributed by atoms with van der Waals surface area (Å²) in [5, 5.41) is 6.50. The van der Waals surface area contributed by atoms with Crippen LogP contribution in [-0.2, 0) is 31.0 Å². The lowest BCUT2D eigenvalue weighted by Gasteiger charge is -2.13. The molecule has 0 amide bonds. The van der Waals surface area contributed by atoms with Crippen molar-refractivity contribution in [2.45, 2.75) is 32.4 Å². The molecule has 0 saturated carbocycles. The lowest BCUT2D eigenvalue weighted by molar-refractivity contribution is -0.176. The molecule has 0 unspecified atom stereocenters. The molecule has 0 aliphatic carbocycles. The van der Waals surface area contributed by atoms with Gasteiger partial charge in [0.15, 0.2) is 5.96 Å². The normalized spacial score (nSPS) is 12.1. The van der Waals surface area contributed by atoms with E-state index in [9.17, 15) is 13.2 Å². The predicted molar refractivity (Wildman–Crippen MR) is 117 cm³/mol. The molecule has 0 bridgehead atoms. The Labute approximate surface area is 185 Å². The first-order valence-corrected chi connectivity index (χ1v) is 10.1. The van der Waals surface area contributed by atoms with Crippen molar-refractivity contribution in [3.05, 3.63) is 89.5 Å². The van der Waals surface area contributed by atoms with E-state index >= 15 is 0 Å². The molecule has 0 aliphatic heterocycles. The summed E-state index contributed by atoms with van der Waals surface area (Å²) in [6, 6.07) is 15.6. The number of guanidine groups is 1. The molecule has 6 nitrogen and oxygen atoms in total. The number of nitrogens with one attached hydrogen (secondary N) is 2. The van der Waals surface area contributed by atoms with Gasteiger partial charge in [0.1, 0.15) is 6.61 Å². The van der Waals surface area contributed by atoms with Crippen LogP contribution in [0.4, 0.5) is 13.2 Å². The van der Waals surface area contributed by atoms with Gasteiger partial charge in [-0.05, 0) is 22.3 Å². The standard InChI is InChI=1S/C23H26F3N5O/c1-27-22(29-12-18-2-6-20(7-3-18)14-31-11-10-28-17-31)30-13-19-4-8-21(9-5-19)15-32-16-23(24,25)26/h2-11,17H,12-16H2,1H3,(H2,27,29,30). The van der Waals surface area contributed by atoms with Crippen LogP contribution in [0.2, 0.25) is 0 Å². The topological polar surface area (TPSA) is 63.5 Å². The van der Waals surface area contributed by atoms with Gasteiger partial charge in [-0.2, -0.15) is 13.2 Å². The Morgan fingerprint density at radius 2 is 1.50 bits per heavy atom. The maximum atomic E-state index is 12.1. The third-order valence-electron chi connectivity index (χ3n) is 4.65. The Bertz CT molecular complexity index is 968. The Balaban J connectivity index is 1.41. The number of ether oxygens (including phenoxy) is 1. The third-order valence-corrected chi connectivity index (χ3v) is 4.65. The van der Waals surface area contributed by atoms with Crippen LogP contribution in [0.1, 0.15) is 22.3 Å². The number of halogens is 3. The highest BCUT2D eigenvalue weighted by atomic mass is 19.4. The molecule has 9 heteroatoms. The van der Waals surface area contributed by atoms with E-state index in [4.69, 9.17) is 0 Å². The van der Waals surface area contributed by atoms with E-state index in [-0.39, 0.29) is 6.61 Å². The van der Waals surface area contributed by atoms with Crippen LogP contribution in [0.15, 0.2) is 72.2 Å². The number of aliphatic imine (C=N–C) groups is 1. The molecule has 1 heterocycles. The lowest BCUT2D eigenvalue weighted by Crippen LogP contribution is -2.36. The van der Waals surface area contributed by atoms with Gasteiger partial charge in [0.2, 0.25) is 0 Å². The minimum atomic E-state index is -4.31. The molecule has 3 rings (SSSR count). The van der Waals surface area contributed by atoms with Crippen molar-refractivity contribution in [1.29, 1.82) is 0 Å². The van der Waals surface area contributed by atoms with Crippen LogP contribution in [0.5, 0.6) is 0 Å². The van der Waals surface area contributed by atoms with E-state index in [1.807, 2.05) is 22.9 Å². The molecular weight excluding hydrogens is 419 g/mol. The quantitative estimate of drug-likeness (QED) is 0.388. The van der Waals surface area contributed by atoms with Crippen molar-refractivity contribution in [3.63, 3.8) is 0 Å². The van der Waals surface area contributed by atoms with Gasteiger partial charge in [0.05, 0.1) is 12.9 Å². The van der Waals surface area contributed by atoms with E-state index in [1.165, 1.54) is 5.56 Å². The molecule has 0 radical (unpaired) electrons. The van der Waals surface area contributed by atoms with E-state index in [0.717, 1.165) is 17.7 Å². The van der Waals surface area contributed by atoms with Gasteiger partial charge in [-0.15, -0.1) is 0 Å². The summed E-state index contributed by atoms with van der Waals surface area (Å²) >= 11 is 0. The molecule has 0 aliphatic rings. The van der Waals surface area contributed by atoms with Crippen LogP contribution in [-0.4, -0.2) is 35.3 Å². The Morgan fingerprint density at radius 3 is 2.00 bits per heavy atom. The van der Waals surface area contributed by atoms with E-state index in [0.29, 0.717) is 24.6 Å². The zero-order valence-electron chi connectivity index (χ0n) is 17.8. The SMILES string of the molecule is CN=C(NCc1ccc(COCC(F)(F)F)cc1)NCc1ccc(Cn2ccnc2)cc1. The van der Waals surface area contributed by atoms with Crippen LogP contribution in [0, 0.1) is 0 Å². The summed E-state index contributed by atoms with van der Waals surface area (Å²) in [5.74, 6) is 0.657. The average Bonchev–Trinajstić information content (AvgIpc) is 3.28. The van der Waals surface area contributed by atoms with Crippen molar-refractivity contribution in [3.8, 4) is 0 Å². The molecular formula is C23H26F3N5O. The fourth-order valence-electron chi connectivity index (χ4n) is 2.98.